The van der Waals surface area contributed by atoms with E-state index in [1.54, 1.807) is 20.8 Å². The van der Waals surface area contributed by atoms with Crippen molar-refractivity contribution in [1.82, 2.24) is 0 Å². The van der Waals surface area contributed by atoms with E-state index >= 15 is 0 Å². The second kappa shape index (κ2) is 2.82. The van der Waals surface area contributed by atoms with Crippen LogP contribution in [0.3, 0.4) is 0 Å². The van der Waals surface area contributed by atoms with Crippen LogP contribution in [0.1, 0.15) is 20.8 Å². The average Bonchev–Trinajstić information content (AvgIpc) is 1.60. The molecule has 0 N–H and O–H groups in total. The summed E-state index contributed by atoms with van der Waals surface area (Å²) in [6.07, 6.45) is 0. The number of carbonyl (C=O) groups excluding carboxylic acids is 2. The van der Waals surface area contributed by atoms with Gasteiger partial charge in [0.15, 0.2) is 0 Å². The molecule has 0 atom stereocenters. The maximum absolute atomic E-state index is 10.5. The third-order valence-electron chi connectivity index (χ3n) is 0.627. The van der Waals surface area contributed by atoms with Crippen LogP contribution in [0.4, 0.5) is 0 Å². The van der Waals surface area contributed by atoms with Crippen LogP contribution in [0.2, 0.25) is 0 Å². The highest BCUT2D eigenvalue weighted by atomic mass is 16.6. The van der Waals surface area contributed by atoms with Crippen molar-refractivity contribution in [2.24, 2.45) is 0 Å². The second-order valence-corrected chi connectivity index (χ2v) is 2.93. The maximum atomic E-state index is 10.5. The Morgan fingerprint density at radius 2 is 1.70 bits per heavy atom. The van der Waals surface area contributed by atoms with E-state index in [9.17, 15) is 9.59 Å². The predicted octanol–water partition coefficient (Wildman–Crippen LogP) is 0.731. The van der Waals surface area contributed by atoms with E-state index in [0.29, 0.717) is 0 Å². The molecule has 1 radical (unpaired) electrons. The van der Waals surface area contributed by atoms with Crippen molar-refractivity contribution in [3.63, 3.8) is 0 Å². The van der Waals surface area contributed by atoms with E-state index in [2.05, 4.69) is 11.7 Å². The molecule has 0 amide bonds. The molecule has 0 saturated heterocycles. The molecular weight excluding hydrogens is 132 g/mol. The highest BCUT2D eigenvalue weighted by molar-refractivity contribution is 6.35. The number of rotatable bonds is 1. The number of hydrogen-bond acceptors (Lipinski definition) is 3. The van der Waals surface area contributed by atoms with E-state index in [1.807, 2.05) is 0 Å². The molecule has 3 heteroatoms. The van der Waals surface area contributed by atoms with E-state index in [1.165, 1.54) is 0 Å². The lowest BCUT2D eigenvalue weighted by Crippen LogP contribution is -2.27. The van der Waals surface area contributed by atoms with E-state index in [0.717, 1.165) is 0 Å². The molecule has 0 aromatic carbocycles. The monoisotopic (exact) mass is 143 g/mol. The van der Waals surface area contributed by atoms with Crippen LogP contribution in [0.15, 0.2) is 0 Å². The lowest BCUT2D eigenvalue weighted by atomic mass is 10.2. The Kier molecular flexibility index (Phi) is 2.57. The minimum Gasteiger partial charge on any atom is -0.454 e. The predicted molar refractivity (Wildman–Crippen MR) is 36.2 cm³/mol. The molecule has 0 aliphatic heterocycles. The van der Waals surface area contributed by atoms with Gasteiger partial charge < -0.3 is 4.74 Å². The number of esters is 1. The van der Waals surface area contributed by atoms with Crippen molar-refractivity contribution in [3.05, 3.63) is 6.92 Å². The minimum atomic E-state index is -0.882. The van der Waals surface area contributed by atoms with Crippen LogP contribution in [0.25, 0.3) is 0 Å². The first kappa shape index (κ1) is 9.14. The zero-order valence-electron chi connectivity index (χ0n) is 6.43. The number of ketones is 1. The van der Waals surface area contributed by atoms with Gasteiger partial charge in [-0.1, -0.05) is 0 Å². The molecule has 0 aliphatic rings. The molecule has 3 nitrogen and oxygen atoms in total. The Bertz CT molecular complexity index is 153. The topological polar surface area (TPSA) is 43.4 Å². The summed E-state index contributed by atoms with van der Waals surface area (Å²) in [5.74, 6) is -1.69. The highest BCUT2D eigenvalue weighted by Crippen LogP contribution is 2.06. The number of Topliss-reactive ketones (excluding diaryl/α,β-unsaturated/α-hetero) is 1. The van der Waals surface area contributed by atoms with Crippen molar-refractivity contribution in [2.75, 3.05) is 0 Å². The first-order chi connectivity index (χ1) is 4.33. The molecule has 0 aromatic rings. The molecule has 0 aromatic heterocycles. The molecule has 0 rings (SSSR count). The Balaban J connectivity index is 3.93. The van der Waals surface area contributed by atoms with Crippen molar-refractivity contribution < 1.29 is 14.3 Å². The number of carbonyl (C=O) groups is 2. The van der Waals surface area contributed by atoms with Gasteiger partial charge in [-0.25, -0.2) is 4.79 Å². The average molecular weight is 143 g/mol. The van der Waals surface area contributed by atoms with Crippen molar-refractivity contribution in [1.29, 1.82) is 0 Å². The zero-order valence-corrected chi connectivity index (χ0v) is 6.43. The fraction of sp³-hybridized carbons (Fsp3) is 0.571. The van der Waals surface area contributed by atoms with Crippen LogP contribution < -0.4 is 0 Å². The summed E-state index contributed by atoms with van der Waals surface area (Å²) < 4.78 is 4.65. The fourth-order valence-electron chi connectivity index (χ4n) is 0.335. The second-order valence-electron chi connectivity index (χ2n) is 2.93. The lowest BCUT2D eigenvalue weighted by Gasteiger charge is -2.17. The fourth-order valence-corrected chi connectivity index (χ4v) is 0.335. The first-order valence-electron chi connectivity index (χ1n) is 2.92. The van der Waals surface area contributed by atoms with Gasteiger partial charge in [0.25, 0.3) is 0 Å². The van der Waals surface area contributed by atoms with Gasteiger partial charge in [-0.05, 0) is 20.8 Å². The SMILES string of the molecule is [CH2]C(=O)C(=O)OC(C)(C)C. The summed E-state index contributed by atoms with van der Waals surface area (Å²) >= 11 is 0. The van der Waals surface area contributed by atoms with Gasteiger partial charge in [-0.2, -0.15) is 0 Å². The third kappa shape index (κ3) is 4.06. The normalized spacial score (nSPS) is 10.8. The Hall–Kier alpha value is -0.860. The lowest BCUT2D eigenvalue weighted by molar-refractivity contribution is -0.160. The Morgan fingerprint density at radius 3 is 1.80 bits per heavy atom. The van der Waals surface area contributed by atoms with Gasteiger partial charge in [-0.3, -0.25) is 4.79 Å². The molecule has 0 spiro atoms. The maximum Gasteiger partial charge on any atom is 0.375 e. The Labute approximate surface area is 60.4 Å². The molecule has 0 unspecified atom stereocenters. The quantitative estimate of drug-likeness (QED) is 0.401. The summed E-state index contributed by atoms with van der Waals surface area (Å²) in [4.78, 5) is 20.8. The van der Waals surface area contributed by atoms with Crippen LogP contribution in [-0.2, 0) is 14.3 Å². The van der Waals surface area contributed by atoms with E-state index in [-0.39, 0.29) is 0 Å². The van der Waals surface area contributed by atoms with Gasteiger partial charge in [0.1, 0.15) is 5.60 Å². The van der Waals surface area contributed by atoms with Gasteiger partial charge >= 0.3 is 5.97 Å². The van der Waals surface area contributed by atoms with Gasteiger partial charge in [0.05, 0.1) is 0 Å². The van der Waals surface area contributed by atoms with Crippen molar-refractivity contribution in [2.45, 2.75) is 26.4 Å². The third-order valence-corrected chi connectivity index (χ3v) is 0.627. The molecular formula is C7H11O3. The van der Waals surface area contributed by atoms with E-state index < -0.39 is 17.4 Å². The molecule has 57 valence electrons. The van der Waals surface area contributed by atoms with Crippen molar-refractivity contribution in [3.8, 4) is 0 Å². The van der Waals surface area contributed by atoms with E-state index in [4.69, 9.17) is 0 Å². The van der Waals surface area contributed by atoms with Crippen LogP contribution in [-0.4, -0.2) is 17.4 Å². The molecule has 0 aliphatic carbocycles. The zero-order chi connectivity index (χ0) is 8.36. The van der Waals surface area contributed by atoms with Crippen LogP contribution in [0.5, 0.6) is 0 Å². The number of hydrogen-bond donors (Lipinski definition) is 0. The minimum absolute atomic E-state index is 0.607. The van der Waals surface area contributed by atoms with Gasteiger partial charge in [-0.15, -0.1) is 0 Å². The molecule has 0 bridgehead atoms. The summed E-state index contributed by atoms with van der Waals surface area (Å²) in [5.41, 5.74) is -0.607. The molecule has 0 fully saturated rings. The van der Waals surface area contributed by atoms with Gasteiger partial charge in [0, 0.05) is 6.92 Å². The molecule has 0 heterocycles. The summed E-state index contributed by atoms with van der Waals surface area (Å²) in [5, 5.41) is 0. The smallest absolute Gasteiger partial charge is 0.375 e. The largest absolute Gasteiger partial charge is 0.454 e. The van der Waals surface area contributed by atoms with Gasteiger partial charge in [0.2, 0.25) is 5.78 Å². The summed E-state index contributed by atoms with van der Waals surface area (Å²) in [6.45, 7) is 7.97. The molecule has 10 heavy (non-hydrogen) atoms. The Morgan fingerprint density at radius 1 is 1.30 bits per heavy atom. The first-order valence-corrected chi connectivity index (χ1v) is 2.92. The standard InChI is InChI=1S/C7H11O3/c1-5(8)6(9)10-7(2,3)4/h1H2,2-4H3. The van der Waals surface area contributed by atoms with Crippen molar-refractivity contribution >= 4 is 11.8 Å². The van der Waals surface area contributed by atoms with Crippen LogP contribution >= 0.6 is 0 Å². The highest BCUT2D eigenvalue weighted by Gasteiger charge is 2.18. The molecule has 0 saturated carbocycles. The summed E-state index contributed by atoms with van der Waals surface area (Å²) in [7, 11) is 0. The number of ether oxygens (including phenoxy) is 1. The summed E-state index contributed by atoms with van der Waals surface area (Å²) in [6, 6.07) is 0. The van der Waals surface area contributed by atoms with Crippen LogP contribution in [0, 0.1) is 6.92 Å².